The Morgan fingerprint density at radius 2 is 0.830 bits per heavy atom. The quantitative estimate of drug-likeness (QED) is 0.190. The van der Waals surface area contributed by atoms with Crippen LogP contribution in [0.25, 0.3) is 99.2 Å². The molecule has 0 atom stereocenters. The van der Waals surface area contributed by atoms with Crippen LogP contribution in [-0.4, -0.2) is 15.0 Å². The number of hydrogen-bond donors (Lipinski definition) is 0. The number of aromatic nitrogens is 3. The van der Waals surface area contributed by atoms with Crippen molar-refractivity contribution in [1.82, 2.24) is 15.0 Å². The first-order valence-electron chi connectivity index (χ1n) is 15.8. The van der Waals surface area contributed by atoms with Gasteiger partial charge in [-0.15, -0.1) is 0 Å². The molecule has 0 N–H and O–H groups in total. The first-order chi connectivity index (χ1) is 23.3. The van der Waals surface area contributed by atoms with Crippen molar-refractivity contribution >= 4 is 65.0 Å². The van der Waals surface area contributed by atoms with Gasteiger partial charge in [0, 0.05) is 27.5 Å². The lowest BCUT2D eigenvalue weighted by Crippen LogP contribution is -2.01. The van der Waals surface area contributed by atoms with Gasteiger partial charge in [-0.2, -0.15) is 0 Å². The Balaban J connectivity index is 1.34. The van der Waals surface area contributed by atoms with E-state index in [0.717, 1.165) is 44.0 Å². The average molecular weight is 600 g/mol. The highest BCUT2D eigenvalue weighted by molar-refractivity contribution is 6.32. The van der Waals surface area contributed by atoms with Crippen molar-refractivity contribution in [2.75, 3.05) is 0 Å². The lowest BCUT2D eigenvalue weighted by Gasteiger charge is -2.16. The molecule has 0 aliphatic heterocycles. The predicted octanol–water partition coefficient (Wildman–Crippen LogP) is 11.4. The second-order valence-corrected chi connectivity index (χ2v) is 11.9. The molecule has 0 aliphatic carbocycles. The van der Waals surface area contributed by atoms with E-state index in [-0.39, 0.29) is 0 Å². The summed E-state index contributed by atoms with van der Waals surface area (Å²) in [7, 11) is 0. The second kappa shape index (κ2) is 10.1. The first kappa shape index (κ1) is 25.9. The van der Waals surface area contributed by atoms with E-state index >= 15 is 0 Å². The summed E-state index contributed by atoms with van der Waals surface area (Å²) in [4.78, 5) is 15.6. The van der Waals surface area contributed by atoms with Gasteiger partial charge in [0.25, 0.3) is 0 Å². The van der Waals surface area contributed by atoms with Crippen molar-refractivity contribution in [1.29, 1.82) is 0 Å². The number of nitrogens with zero attached hydrogens (tertiary/aromatic N) is 3. The van der Waals surface area contributed by atoms with Crippen LogP contribution in [0.15, 0.2) is 156 Å². The summed E-state index contributed by atoms with van der Waals surface area (Å²) >= 11 is 0. The topological polar surface area (TPSA) is 51.8 Å². The Hall–Kier alpha value is -6.39. The van der Waals surface area contributed by atoms with Gasteiger partial charge in [-0.05, 0) is 61.3 Å². The summed E-state index contributed by atoms with van der Waals surface area (Å²) in [5.41, 5.74) is 4.46. The maximum Gasteiger partial charge on any atom is 0.164 e. The summed E-state index contributed by atoms with van der Waals surface area (Å²) < 4.78 is 6.26. The lowest BCUT2D eigenvalue weighted by atomic mass is 9.89. The van der Waals surface area contributed by atoms with Crippen LogP contribution in [0.1, 0.15) is 0 Å². The Bertz CT molecular complexity index is 2850. The van der Waals surface area contributed by atoms with Gasteiger partial charge < -0.3 is 4.42 Å². The molecule has 0 bridgehead atoms. The zero-order chi connectivity index (χ0) is 30.9. The zero-order valence-electron chi connectivity index (χ0n) is 25.2. The largest absolute Gasteiger partial charge is 0.456 e. The van der Waals surface area contributed by atoms with Crippen LogP contribution >= 0.6 is 0 Å². The summed E-state index contributed by atoms with van der Waals surface area (Å²) in [6.07, 6.45) is 0. The molecule has 47 heavy (non-hydrogen) atoms. The number of hydrogen-bond acceptors (Lipinski definition) is 4. The van der Waals surface area contributed by atoms with Gasteiger partial charge in [0.05, 0.1) is 0 Å². The monoisotopic (exact) mass is 599 g/mol. The smallest absolute Gasteiger partial charge is 0.164 e. The molecule has 218 valence electrons. The molecule has 10 rings (SSSR count). The number of rotatable bonds is 3. The minimum Gasteiger partial charge on any atom is -0.456 e. The van der Waals surface area contributed by atoms with Gasteiger partial charge in [0.15, 0.2) is 17.5 Å². The van der Waals surface area contributed by atoms with Gasteiger partial charge in [0.1, 0.15) is 11.2 Å². The normalized spacial score (nSPS) is 11.8. The fourth-order valence-corrected chi connectivity index (χ4v) is 7.25. The van der Waals surface area contributed by atoms with E-state index in [0.29, 0.717) is 17.5 Å². The zero-order valence-corrected chi connectivity index (χ0v) is 25.2. The van der Waals surface area contributed by atoms with E-state index in [4.69, 9.17) is 19.4 Å². The molecule has 0 unspecified atom stereocenters. The van der Waals surface area contributed by atoms with E-state index in [9.17, 15) is 0 Å². The molecule has 0 aliphatic rings. The summed E-state index contributed by atoms with van der Waals surface area (Å²) in [5, 5.41) is 11.7. The van der Waals surface area contributed by atoms with Crippen molar-refractivity contribution in [2.24, 2.45) is 0 Å². The number of furan rings is 1. The molecule has 2 heterocycles. The van der Waals surface area contributed by atoms with Crippen LogP contribution < -0.4 is 0 Å². The second-order valence-electron chi connectivity index (χ2n) is 11.9. The van der Waals surface area contributed by atoms with Crippen LogP contribution in [-0.2, 0) is 0 Å². The minimum atomic E-state index is 0.610. The third-order valence-electron chi connectivity index (χ3n) is 9.30. The standard InChI is InChI=1S/C43H25N3O/c1-2-13-26(14-3-1)41-44-42(34-22-12-24-38-40(34)33-21-10-11-23-37(33)47-38)46-43(45-41)36-25-35-29-17-5-4-15-27(29)28-16-6-8-19-31(28)39(35)32-20-9-7-18-30(32)36/h1-25H. The number of para-hydroxylation sites is 1. The van der Waals surface area contributed by atoms with Crippen molar-refractivity contribution in [3.05, 3.63) is 152 Å². The molecule has 0 saturated carbocycles. The van der Waals surface area contributed by atoms with Crippen molar-refractivity contribution in [3.63, 3.8) is 0 Å². The first-order valence-corrected chi connectivity index (χ1v) is 15.8. The molecule has 0 fully saturated rings. The summed E-state index contributed by atoms with van der Waals surface area (Å²) in [5.74, 6) is 1.87. The van der Waals surface area contributed by atoms with Crippen LogP contribution in [0.2, 0.25) is 0 Å². The van der Waals surface area contributed by atoms with Crippen LogP contribution in [0.5, 0.6) is 0 Å². The van der Waals surface area contributed by atoms with Crippen molar-refractivity contribution < 1.29 is 4.42 Å². The molecule has 2 aromatic heterocycles. The summed E-state index contributed by atoms with van der Waals surface area (Å²) in [6.45, 7) is 0. The Labute approximate surface area is 269 Å². The van der Waals surface area contributed by atoms with E-state index < -0.39 is 0 Å². The SMILES string of the molecule is c1ccc(-c2nc(-c3cc4c5ccccc5c5ccccc5c4c4ccccc34)nc(-c3cccc4oc5ccccc5c34)n2)cc1. The predicted molar refractivity (Wildman–Crippen MR) is 193 cm³/mol. The summed E-state index contributed by atoms with van der Waals surface area (Å²) in [6, 6.07) is 52.7. The maximum absolute atomic E-state index is 6.26. The Morgan fingerprint density at radius 3 is 1.57 bits per heavy atom. The van der Waals surface area contributed by atoms with E-state index in [1.54, 1.807) is 0 Å². The van der Waals surface area contributed by atoms with E-state index in [1.807, 2.05) is 48.5 Å². The molecule has 10 aromatic rings. The fourth-order valence-electron chi connectivity index (χ4n) is 7.25. The fraction of sp³-hybridized carbons (Fsp3) is 0. The van der Waals surface area contributed by atoms with E-state index in [2.05, 4.69) is 103 Å². The molecule has 0 spiro atoms. The lowest BCUT2D eigenvalue weighted by molar-refractivity contribution is 0.669. The number of fused-ring (bicyclic) bond motifs is 11. The highest BCUT2D eigenvalue weighted by atomic mass is 16.3. The van der Waals surface area contributed by atoms with Gasteiger partial charge in [-0.25, -0.2) is 15.0 Å². The number of benzene rings is 8. The molecule has 0 saturated heterocycles. The molecule has 8 aromatic carbocycles. The molecule has 4 heteroatoms. The highest BCUT2D eigenvalue weighted by Gasteiger charge is 2.20. The van der Waals surface area contributed by atoms with Gasteiger partial charge in [-0.3, -0.25) is 0 Å². The molecule has 0 amide bonds. The van der Waals surface area contributed by atoms with Crippen LogP contribution in [0.4, 0.5) is 0 Å². The maximum atomic E-state index is 6.26. The molecular weight excluding hydrogens is 574 g/mol. The van der Waals surface area contributed by atoms with E-state index in [1.165, 1.54) is 37.7 Å². The van der Waals surface area contributed by atoms with Crippen molar-refractivity contribution in [2.45, 2.75) is 0 Å². The van der Waals surface area contributed by atoms with Crippen molar-refractivity contribution in [3.8, 4) is 34.2 Å². The highest BCUT2D eigenvalue weighted by Crippen LogP contribution is 2.43. The third-order valence-corrected chi connectivity index (χ3v) is 9.30. The van der Waals surface area contributed by atoms with Gasteiger partial charge in [0.2, 0.25) is 0 Å². The van der Waals surface area contributed by atoms with Crippen LogP contribution in [0.3, 0.4) is 0 Å². The van der Waals surface area contributed by atoms with Crippen LogP contribution in [0, 0.1) is 0 Å². The molecule has 0 radical (unpaired) electrons. The molecule has 4 nitrogen and oxygen atoms in total. The Kier molecular flexibility index (Phi) is 5.54. The van der Waals surface area contributed by atoms with Gasteiger partial charge >= 0.3 is 0 Å². The minimum absolute atomic E-state index is 0.610. The third kappa shape index (κ3) is 3.92. The average Bonchev–Trinajstić information content (AvgIpc) is 3.54. The van der Waals surface area contributed by atoms with Gasteiger partial charge in [-0.1, -0.05) is 133 Å². The Morgan fingerprint density at radius 1 is 0.319 bits per heavy atom. The molecular formula is C43H25N3O.